The molecule has 0 saturated heterocycles. The number of nitrogen functional groups attached to an aromatic ring is 1. The molecule has 6 heteroatoms. The maximum absolute atomic E-state index is 11.2. The summed E-state index contributed by atoms with van der Waals surface area (Å²) in [5.41, 5.74) is 7.46. The van der Waals surface area contributed by atoms with Crippen molar-refractivity contribution in [1.29, 1.82) is 0 Å². The average Bonchev–Trinajstić information content (AvgIpc) is 2.73. The molecule has 1 aromatic carbocycles. The van der Waals surface area contributed by atoms with E-state index in [1.165, 1.54) is 0 Å². The molecular formula is C12H14N4O2. The quantitative estimate of drug-likeness (QED) is 0.800. The Balaban J connectivity index is 2.59. The number of benzene rings is 1. The lowest BCUT2D eigenvalue weighted by molar-refractivity contribution is 0.0691. The summed E-state index contributed by atoms with van der Waals surface area (Å²) in [7, 11) is 0. The highest BCUT2D eigenvalue weighted by Crippen LogP contribution is 2.24. The van der Waals surface area contributed by atoms with Gasteiger partial charge in [0.15, 0.2) is 5.69 Å². The van der Waals surface area contributed by atoms with Crippen molar-refractivity contribution in [2.75, 3.05) is 5.73 Å². The van der Waals surface area contributed by atoms with Crippen molar-refractivity contribution >= 4 is 11.7 Å². The Morgan fingerprint density at radius 3 is 2.89 bits per heavy atom. The Hall–Kier alpha value is -2.37. The molecule has 2 aromatic rings. The van der Waals surface area contributed by atoms with Gasteiger partial charge in [-0.1, -0.05) is 24.3 Å². The molecule has 3 N–H and O–H groups in total. The highest BCUT2D eigenvalue weighted by molar-refractivity contribution is 5.92. The third-order valence-corrected chi connectivity index (χ3v) is 2.53. The van der Waals surface area contributed by atoms with Crippen LogP contribution >= 0.6 is 0 Å². The fraction of sp³-hybridized carbons (Fsp3) is 0.250. The van der Waals surface area contributed by atoms with Gasteiger partial charge in [-0.05, 0) is 18.6 Å². The monoisotopic (exact) mass is 246 g/mol. The van der Waals surface area contributed by atoms with E-state index in [2.05, 4.69) is 10.3 Å². The van der Waals surface area contributed by atoms with Gasteiger partial charge in [-0.2, -0.15) is 0 Å². The van der Waals surface area contributed by atoms with Gasteiger partial charge in [-0.25, -0.2) is 9.48 Å². The predicted octanol–water partition coefficient (Wildman–Crippen LogP) is 1.64. The van der Waals surface area contributed by atoms with Crippen LogP contribution in [0.15, 0.2) is 24.3 Å². The van der Waals surface area contributed by atoms with Crippen LogP contribution < -0.4 is 5.73 Å². The number of nitrogens with two attached hydrogens (primary N) is 1. The van der Waals surface area contributed by atoms with E-state index in [9.17, 15) is 4.79 Å². The van der Waals surface area contributed by atoms with Crippen molar-refractivity contribution in [1.82, 2.24) is 15.0 Å². The zero-order valence-electron chi connectivity index (χ0n) is 10.00. The SMILES string of the molecule is CCCn1nnc(C(=O)O)c1-c1cccc(N)c1. The number of hydrogen-bond acceptors (Lipinski definition) is 4. The topological polar surface area (TPSA) is 94.0 Å². The molecule has 0 aliphatic rings. The van der Waals surface area contributed by atoms with Gasteiger partial charge in [0.05, 0.1) is 0 Å². The fourth-order valence-electron chi connectivity index (χ4n) is 1.80. The van der Waals surface area contributed by atoms with Crippen molar-refractivity contribution in [3.63, 3.8) is 0 Å². The van der Waals surface area contributed by atoms with E-state index in [1.807, 2.05) is 6.92 Å². The van der Waals surface area contributed by atoms with Crippen molar-refractivity contribution in [2.45, 2.75) is 19.9 Å². The first-order valence-corrected chi connectivity index (χ1v) is 5.66. The number of carboxylic acid groups (broad SMARTS) is 1. The second kappa shape index (κ2) is 4.87. The maximum atomic E-state index is 11.2. The van der Waals surface area contributed by atoms with Crippen LogP contribution in [0.3, 0.4) is 0 Å². The first-order chi connectivity index (χ1) is 8.63. The number of nitrogens with zero attached hydrogens (tertiary/aromatic N) is 3. The molecule has 2 rings (SSSR count). The molecule has 6 nitrogen and oxygen atoms in total. The number of aryl methyl sites for hydroxylation is 1. The molecule has 0 aliphatic carbocycles. The van der Waals surface area contributed by atoms with Crippen molar-refractivity contribution < 1.29 is 9.90 Å². The summed E-state index contributed by atoms with van der Waals surface area (Å²) >= 11 is 0. The largest absolute Gasteiger partial charge is 0.476 e. The van der Waals surface area contributed by atoms with Crippen LogP contribution in [0.4, 0.5) is 5.69 Å². The van der Waals surface area contributed by atoms with Crippen LogP contribution in [0.5, 0.6) is 0 Å². The van der Waals surface area contributed by atoms with Crippen LogP contribution in [0.25, 0.3) is 11.3 Å². The van der Waals surface area contributed by atoms with E-state index in [0.717, 1.165) is 6.42 Å². The third-order valence-electron chi connectivity index (χ3n) is 2.53. The first kappa shape index (κ1) is 12.1. The van der Waals surface area contributed by atoms with Gasteiger partial charge in [-0.15, -0.1) is 5.10 Å². The minimum atomic E-state index is -1.09. The summed E-state index contributed by atoms with van der Waals surface area (Å²) in [4.78, 5) is 11.2. The molecule has 0 amide bonds. The maximum Gasteiger partial charge on any atom is 0.358 e. The minimum Gasteiger partial charge on any atom is -0.476 e. The highest BCUT2D eigenvalue weighted by atomic mass is 16.4. The lowest BCUT2D eigenvalue weighted by atomic mass is 10.1. The van der Waals surface area contributed by atoms with E-state index in [4.69, 9.17) is 10.8 Å². The number of anilines is 1. The van der Waals surface area contributed by atoms with Crippen molar-refractivity contribution in [3.05, 3.63) is 30.0 Å². The summed E-state index contributed by atoms with van der Waals surface area (Å²) in [6.07, 6.45) is 0.845. The zero-order chi connectivity index (χ0) is 13.1. The molecule has 0 atom stereocenters. The lowest BCUT2D eigenvalue weighted by Crippen LogP contribution is -2.04. The van der Waals surface area contributed by atoms with E-state index in [-0.39, 0.29) is 5.69 Å². The Morgan fingerprint density at radius 2 is 2.28 bits per heavy atom. The molecule has 18 heavy (non-hydrogen) atoms. The fourth-order valence-corrected chi connectivity index (χ4v) is 1.80. The van der Waals surface area contributed by atoms with Gasteiger partial charge in [0, 0.05) is 17.8 Å². The Labute approximate surface area is 104 Å². The number of rotatable bonds is 4. The molecule has 0 bridgehead atoms. The normalized spacial score (nSPS) is 10.5. The van der Waals surface area contributed by atoms with E-state index in [1.54, 1.807) is 28.9 Å². The summed E-state index contributed by atoms with van der Waals surface area (Å²) in [6.45, 7) is 2.61. The standard InChI is InChI=1S/C12H14N4O2/c1-2-6-16-11(10(12(17)18)14-15-16)8-4-3-5-9(13)7-8/h3-5,7H,2,6,13H2,1H3,(H,17,18). The van der Waals surface area contributed by atoms with Gasteiger partial charge < -0.3 is 10.8 Å². The predicted molar refractivity (Wildman–Crippen MR) is 67.1 cm³/mol. The summed E-state index contributed by atoms with van der Waals surface area (Å²) < 4.78 is 1.60. The van der Waals surface area contributed by atoms with E-state index in [0.29, 0.717) is 23.5 Å². The number of aromatic carboxylic acids is 1. The summed E-state index contributed by atoms with van der Waals surface area (Å²) in [6, 6.07) is 7.04. The van der Waals surface area contributed by atoms with Gasteiger partial charge >= 0.3 is 5.97 Å². The molecule has 0 unspecified atom stereocenters. The molecule has 0 saturated carbocycles. The van der Waals surface area contributed by atoms with E-state index < -0.39 is 5.97 Å². The molecule has 1 aromatic heterocycles. The summed E-state index contributed by atoms with van der Waals surface area (Å²) in [5, 5.41) is 16.7. The number of hydrogen-bond donors (Lipinski definition) is 2. The highest BCUT2D eigenvalue weighted by Gasteiger charge is 2.20. The first-order valence-electron chi connectivity index (χ1n) is 5.66. The second-order valence-corrected chi connectivity index (χ2v) is 3.94. The number of carboxylic acids is 1. The van der Waals surface area contributed by atoms with Crippen LogP contribution in [-0.2, 0) is 6.54 Å². The smallest absolute Gasteiger partial charge is 0.358 e. The third kappa shape index (κ3) is 2.17. The molecule has 0 spiro atoms. The molecular weight excluding hydrogens is 232 g/mol. The van der Waals surface area contributed by atoms with Crippen molar-refractivity contribution in [3.8, 4) is 11.3 Å². The zero-order valence-corrected chi connectivity index (χ0v) is 10.00. The number of aromatic nitrogens is 3. The molecule has 0 aliphatic heterocycles. The minimum absolute atomic E-state index is 0.0472. The van der Waals surface area contributed by atoms with Crippen LogP contribution in [0.1, 0.15) is 23.8 Å². The van der Waals surface area contributed by atoms with Crippen LogP contribution in [-0.4, -0.2) is 26.1 Å². The Bertz CT molecular complexity index is 577. The van der Waals surface area contributed by atoms with Gasteiger partial charge in [0.25, 0.3) is 0 Å². The molecule has 0 radical (unpaired) electrons. The molecule has 1 heterocycles. The molecule has 0 fully saturated rings. The Kier molecular flexibility index (Phi) is 3.27. The average molecular weight is 246 g/mol. The van der Waals surface area contributed by atoms with Gasteiger partial charge in [0.1, 0.15) is 5.69 Å². The lowest BCUT2D eigenvalue weighted by Gasteiger charge is -2.06. The van der Waals surface area contributed by atoms with Crippen LogP contribution in [0.2, 0.25) is 0 Å². The van der Waals surface area contributed by atoms with Crippen molar-refractivity contribution in [2.24, 2.45) is 0 Å². The van der Waals surface area contributed by atoms with Gasteiger partial charge in [-0.3, -0.25) is 0 Å². The summed E-state index contributed by atoms with van der Waals surface area (Å²) in [5.74, 6) is -1.09. The molecule has 94 valence electrons. The van der Waals surface area contributed by atoms with E-state index >= 15 is 0 Å². The van der Waals surface area contributed by atoms with Crippen LogP contribution in [0, 0.1) is 0 Å². The second-order valence-electron chi connectivity index (χ2n) is 3.94. The van der Waals surface area contributed by atoms with Gasteiger partial charge in [0.2, 0.25) is 0 Å². The number of carbonyl (C=O) groups is 1. The Morgan fingerprint density at radius 1 is 1.50 bits per heavy atom.